The van der Waals surface area contributed by atoms with Gasteiger partial charge in [0.1, 0.15) is 0 Å². The van der Waals surface area contributed by atoms with E-state index < -0.39 is 0 Å². The molecule has 0 radical (unpaired) electrons. The number of nitrogens with one attached hydrogen (secondary N) is 1. The molecule has 2 nitrogen and oxygen atoms in total. The van der Waals surface area contributed by atoms with Crippen LogP contribution in [0.15, 0.2) is 22.7 Å². The molecule has 0 bridgehead atoms. The van der Waals surface area contributed by atoms with Crippen molar-refractivity contribution in [3.05, 3.63) is 28.2 Å². The van der Waals surface area contributed by atoms with E-state index in [1.54, 1.807) is 0 Å². The van der Waals surface area contributed by atoms with E-state index in [9.17, 15) is 0 Å². The lowest BCUT2D eigenvalue weighted by Gasteiger charge is -2.30. The molecule has 19 heavy (non-hydrogen) atoms. The summed E-state index contributed by atoms with van der Waals surface area (Å²) in [4.78, 5) is 2.34. The maximum Gasteiger partial charge on any atom is 0.0377 e. The molecule has 0 aliphatic heterocycles. The van der Waals surface area contributed by atoms with Gasteiger partial charge >= 0.3 is 0 Å². The molecule has 1 aromatic carbocycles. The van der Waals surface area contributed by atoms with Gasteiger partial charge in [-0.15, -0.1) is 0 Å². The Kier molecular flexibility index (Phi) is 6.34. The summed E-state index contributed by atoms with van der Waals surface area (Å²) in [5.74, 6) is 0.643. The zero-order valence-corrected chi connectivity index (χ0v) is 14.6. The Morgan fingerprint density at radius 2 is 1.84 bits per heavy atom. The molecule has 2 unspecified atom stereocenters. The third-order valence-corrected chi connectivity index (χ3v) is 4.63. The van der Waals surface area contributed by atoms with E-state index in [2.05, 4.69) is 86.0 Å². The third kappa shape index (κ3) is 4.22. The molecule has 0 aromatic heterocycles. The molecule has 0 heterocycles. The summed E-state index contributed by atoms with van der Waals surface area (Å²) in [5, 5.41) is 3.45. The normalized spacial score (nSPS) is 14.5. The number of anilines is 1. The summed E-state index contributed by atoms with van der Waals surface area (Å²) in [6.45, 7) is 12.1. The Morgan fingerprint density at radius 3 is 2.32 bits per heavy atom. The topological polar surface area (TPSA) is 15.3 Å². The third-order valence-electron chi connectivity index (χ3n) is 3.94. The maximum atomic E-state index is 3.71. The zero-order valence-electron chi connectivity index (χ0n) is 13.0. The summed E-state index contributed by atoms with van der Waals surface area (Å²) >= 11 is 3.71. The van der Waals surface area contributed by atoms with Crippen LogP contribution in [0, 0.1) is 5.92 Å². The fourth-order valence-electron chi connectivity index (χ4n) is 2.19. The first kappa shape index (κ1) is 16.5. The van der Waals surface area contributed by atoms with E-state index in [1.807, 2.05) is 0 Å². The van der Waals surface area contributed by atoms with Gasteiger partial charge < -0.3 is 10.2 Å². The molecule has 0 spiro atoms. The van der Waals surface area contributed by atoms with Gasteiger partial charge in [0, 0.05) is 29.3 Å². The highest BCUT2D eigenvalue weighted by Gasteiger charge is 2.15. The average molecular weight is 327 g/mol. The van der Waals surface area contributed by atoms with Crippen molar-refractivity contribution in [2.75, 3.05) is 18.5 Å². The van der Waals surface area contributed by atoms with E-state index in [-0.39, 0.29) is 0 Å². The molecule has 108 valence electrons. The van der Waals surface area contributed by atoms with E-state index in [1.165, 1.54) is 15.7 Å². The van der Waals surface area contributed by atoms with Crippen LogP contribution in [0.1, 0.15) is 46.2 Å². The summed E-state index contributed by atoms with van der Waals surface area (Å²) in [7, 11) is 2.17. The number of rotatable bonds is 6. The number of halogens is 1. The molecule has 2 atom stereocenters. The van der Waals surface area contributed by atoms with Crippen LogP contribution >= 0.6 is 15.9 Å². The van der Waals surface area contributed by atoms with Crippen molar-refractivity contribution in [1.82, 2.24) is 5.32 Å². The lowest BCUT2D eigenvalue weighted by atomic mass is 10.0. The first-order chi connectivity index (χ1) is 8.88. The van der Waals surface area contributed by atoms with Gasteiger partial charge in [0.25, 0.3) is 0 Å². The quantitative estimate of drug-likeness (QED) is 0.821. The number of hydrogen-bond acceptors (Lipinski definition) is 2. The average Bonchev–Trinajstić information content (AvgIpc) is 2.36. The van der Waals surface area contributed by atoms with Crippen molar-refractivity contribution in [1.29, 1.82) is 0 Å². The Balaban J connectivity index is 2.93. The molecule has 0 aliphatic carbocycles. The molecule has 0 amide bonds. The van der Waals surface area contributed by atoms with Crippen LogP contribution in [0.5, 0.6) is 0 Å². The van der Waals surface area contributed by atoms with Crippen molar-refractivity contribution in [3.8, 4) is 0 Å². The standard InChI is InChI=1S/C16H27BrN2/c1-7-18-12(4)15-9-8-14(10-16(15)17)19(6)13(5)11(2)3/h8-13,18H,7H2,1-6H3. The van der Waals surface area contributed by atoms with E-state index >= 15 is 0 Å². The fourth-order valence-corrected chi connectivity index (χ4v) is 2.90. The van der Waals surface area contributed by atoms with Gasteiger partial charge in [0.2, 0.25) is 0 Å². The summed E-state index contributed by atoms with van der Waals surface area (Å²) in [5.41, 5.74) is 2.58. The van der Waals surface area contributed by atoms with Crippen molar-refractivity contribution >= 4 is 21.6 Å². The molecule has 0 saturated heterocycles. The van der Waals surface area contributed by atoms with Crippen LogP contribution in [0.25, 0.3) is 0 Å². The number of nitrogens with zero attached hydrogens (tertiary/aromatic N) is 1. The first-order valence-corrected chi connectivity index (χ1v) is 7.93. The minimum atomic E-state index is 0.376. The van der Waals surface area contributed by atoms with Crippen LogP contribution in [0.3, 0.4) is 0 Å². The molecular weight excluding hydrogens is 300 g/mol. The highest BCUT2D eigenvalue weighted by atomic mass is 79.9. The van der Waals surface area contributed by atoms with Gasteiger partial charge in [0.05, 0.1) is 0 Å². The summed E-state index contributed by atoms with van der Waals surface area (Å²) in [6, 6.07) is 7.57. The molecule has 0 aliphatic rings. The second-order valence-electron chi connectivity index (χ2n) is 5.58. The van der Waals surface area contributed by atoms with Crippen LogP contribution in [0.2, 0.25) is 0 Å². The van der Waals surface area contributed by atoms with Gasteiger partial charge in [-0.3, -0.25) is 0 Å². The highest BCUT2D eigenvalue weighted by Crippen LogP contribution is 2.29. The van der Waals surface area contributed by atoms with Gasteiger partial charge in [-0.25, -0.2) is 0 Å². The lowest BCUT2D eigenvalue weighted by molar-refractivity contribution is 0.505. The second-order valence-corrected chi connectivity index (χ2v) is 6.44. The Morgan fingerprint density at radius 1 is 1.21 bits per heavy atom. The van der Waals surface area contributed by atoms with Crippen molar-refractivity contribution < 1.29 is 0 Å². The van der Waals surface area contributed by atoms with Crippen LogP contribution in [0.4, 0.5) is 5.69 Å². The number of benzene rings is 1. The largest absolute Gasteiger partial charge is 0.372 e. The van der Waals surface area contributed by atoms with E-state index in [0.29, 0.717) is 18.0 Å². The molecule has 1 aromatic rings. The summed E-state index contributed by atoms with van der Waals surface area (Å²) < 4.78 is 1.18. The molecule has 3 heteroatoms. The van der Waals surface area contributed by atoms with Crippen molar-refractivity contribution in [2.45, 2.75) is 46.7 Å². The summed E-state index contributed by atoms with van der Waals surface area (Å²) in [6.07, 6.45) is 0. The first-order valence-electron chi connectivity index (χ1n) is 7.14. The Labute approximate surface area is 126 Å². The predicted octanol–water partition coefficient (Wildman–Crippen LogP) is 4.60. The van der Waals surface area contributed by atoms with Crippen molar-refractivity contribution in [3.63, 3.8) is 0 Å². The maximum absolute atomic E-state index is 3.71. The molecule has 1 rings (SSSR count). The van der Waals surface area contributed by atoms with E-state index in [0.717, 1.165) is 6.54 Å². The molecule has 1 N–H and O–H groups in total. The Hall–Kier alpha value is -0.540. The van der Waals surface area contributed by atoms with Crippen LogP contribution < -0.4 is 10.2 Å². The zero-order chi connectivity index (χ0) is 14.6. The second kappa shape index (κ2) is 7.30. The monoisotopic (exact) mass is 326 g/mol. The smallest absolute Gasteiger partial charge is 0.0377 e. The molecular formula is C16H27BrN2. The van der Waals surface area contributed by atoms with Gasteiger partial charge in [-0.2, -0.15) is 0 Å². The van der Waals surface area contributed by atoms with Gasteiger partial charge in [-0.05, 0) is 44.0 Å². The van der Waals surface area contributed by atoms with Gasteiger partial charge in [0.15, 0.2) is 0 Å². The molecule has 0 fully saturated rings. The lowest BCUT2D eigenvalue weighted by Crippen LogP contribution is -2.33. The Bertz CT molecular complexity index is 404. The minimum absolute atomic E-state index is 0.376. The SMILES string of the molecule is CCNC(C)c1ccc(N(C)C(C)C(C)C)cc1Br. The molecule has 0 saturated carbocycles. The van der Waals surface area contributed by atoms with Crippen LogP contribution in [-0.4, -0.2) is 19.6 Å². The van der Waals surface area contributed by atoms with Crippen molar-refractivity contribution in [2.24, 2.45) is 5.92 Å². The van der Waals surface area contributed by atoms with E-state index in [4.69, 9.17) is 0 Å². The minimum Gasteiger partial charge on any atom is -0.372 e. The predicted molar refractivity (Wildman–Crippen MR) is 88.9 cm³/mol. The van der Waals surface area contributed by atoms with Crippen LogP contribution in [-0.2, 0) is 0 Å². The fraction of sp³-hybridized carbons (Fsp3) is 0.625. The highest BCUT2D eigenvalue weighted by molar-refractivity contribution is 9.10. The van der Waals surface area contributed by atoms with Gasteiger partial charge in [-0.1, -0.05) is 42.8 Å². The number of hydrogen-bond donors (Lipinski definition) is 1.